The van der Waals surface area contributed by atoms with Gasteiger partial charge < -0.3 is 14.7 Å². The zero-order chi connectivity index (χ0) is 13.5. The molecule has 0 spiro atoms. The van der Waals surface area contributed by atoms with E-state index < -0.39 is 6.10 Å². The number of esters is 1. The molecule has 0 aliphatic rings. The van der Waals surface area contributed by atoms with Gasteiger partial charge in [0, 0.05) is 13.1 Å². The second-order valence-corrected chi connectivity index (χ2v) is 4.85. The Morgan fingerprint density at radius 1 is 1.56 bits per heavy atom. The van der Waals surface area contributed by atoms with Crippen LogP contribution in [0.5, 0.6) is 0 Å². The number of hydrogen-bond donors (Lipinski definition) is 1. The molecule has 1 aromatic rings. The Balaban J connectivity index is 2.65. The molecule has 0 fully saturated rings. The zero-order valence-electron chi connectivity index (χ0n) is 10.5. The standard InChI is InChI=1S/C12H17NO4S/c1-9(14)8-13(6-5-11(15)17-2)12(16)10-4-3-7-18-10/h3-4,7,9,14H,5-6,8H2,1-2H3. The van der Waals surface area contributed by atoms with Gasteiger partial charge in [-0.2, -0.15) is 0 Å². The molecule has 5 nitrogen and oxygen atoms in total. The van der Waals surface area contributed by atoms with Crippen LogP contribution in [0, 0.1) is 0 Å². The SMILES string of the molecule is COC(=O)CCN(CC(C)O)C(=O)c1cccs1. The number of thiophene rings is 1. The van der Waals surface area contributed by atoms with Gasteiger partial charge in [0.1, 0.15) is 0 Å². The number of aliphatic hydroxyl groups is 1. The maximum absolute atomic E-state index is 12.1. The first-order valence-electron chi connectivity index (χ1n) is 5.62. The van der Waals surface area contributed by atoms with Crippen molar-refractivity contribution < 1.29 is 19.4 Å². The van der Waals surface area contributed by atoms with Gasteiger partial charge in [-0.25, -0.2) is 0 Å². The maximum atomic E-state index is 12.1. The van der Waals surface area contributed by atoms with Crippen molar-refractivity contribution in [2.75, 3.05) is 20.2 Å². The van der Waals surface area contributed by atoms with Crippen LogP contribution in [0.2, 0.25) is 0 Å². The lowest BCUT2D eigenvalue weighted by Gasteiger charge is -2.23. The highest BCUT2D eigenvalue weighted by Crippen LogP contribution is 2.12. The largest absolute Gasteiger partial charge is 0.469 e. The number of carbonyl (C=O) groups excluding carboxylic acids is 2. The van der Waals surface area contributed by atoms with Gasteiger partial charge in [0.25, 0.3) is 5.91 Å². The maximum Gasteiger partial charge on any atom is 0.307 e. The lowest BCUT2D eigenvalue weighted by Crippen LogP contribution is -2.37. The van der Waals surface area contributed by atoms with Crippen LogP contribution in [0.3, 0.4) is 0 Å². The summed E-state index contributed by atoms with van der Waals surface area (Å²) in [4.78, 5) is 25.3. The number of rotatable bonds is 6. The van der Waals surface area contributed by atoms with Crippen molar-refractivity contribution in [3.05, 3.63) is 22.4 Å². The minimum atomic E-state index is -0.633. The Morgan fingerprint density at radius 2 is 2.28 bits per heavy atom. The number of methoxy groups -OCH3 is 1. The molecule has 100 valence electrons. The monoisotopic (exact) mass is 271 g/mol. The average Bonchev–Trinajstić information content (AvgIpc) is 2.86. The third kappa shape index (κ3) is 4.46. The van der Waals surface area contributed by atoms with Crippen molar-refractivity contribution in [2.24, 2.45) is 0 Å². The van der Waals surface area contributed by atoms with E-state index in [4.69, 9.17) is 0 Å². The number of hydrogen-bond acceptors (Lipinski definition) is 5. The zero-order valence-corrected chi connectivity index (χ0v) is 11.3. The molecule has 0 aliphatic carbocycles. The third-order valence-electron chi connectivity index (χ3n) is 2.32. The Bertz CT molecular complexity index is 389. The summed E-state index contributed by atoms with van der Waals surface area (Å²) in [7, 11) is 1.31. The van der Waals surface area contributed by atoms with Gasteiger partial charge in [-0.1, -0.05) is 6.07 Å². The van der Waals surface area contributed by atoms with Crippen LogP contribution >= 0.6 is 11.3 Å². The number of aliphatic hydroxyl groups excluding tert-OH is 1. The Kier molecular flexibility index (Phi) is 5.80. The number of ether oxygens (including phenoxy) is 1. The lowest BCUT2D eigenvalue weighted by atomic mass is 10.3. The van der Waals surface area contributed by atoms with Crippen LogP contribution in [-0.4, -0.2) is 48.2 Å². The molecule has 0 saturated heterocycles. The fourth-order valence-corrected chi connectivity index (χ4v) is 2.17. The second kappa shape index (κ2) is 7.13. The lowest BCUT2D eigenvalue weighted by molar-refractivity contribution is -0.140. The van der Waals surface area contributed by atoms with E-state index in [0.717, 1.165) is 0 Å². The van der Waals surface area contributed by atoms with Crippen molar-refractivity contribution in [1.29, 1.82) is 0 Å². The van der Waals surface area contributed by atoms with Gasteiger partial charge >= 0.3 is 5.97 Å². The highest BCUT2D eigenvalue weighted by Gasteiger charge is 2.19. The third-order valence-corrected chi connectivity index (χ3v) is 3.18. The van der Waals surface area contributed by atoms with Crippen LogP contribution < -0.4 is 0 Å². The molecule has 0 aromatic carbocycles. The highest BCUT2D eigenvalue weighted by molar-refractivity contribution is 7.12. The van der Waals surface area contributed by atoms with Gasteiger partial charge in [-0.3, -0.25) is 9.59 Å². The van der Waals surface area contributed by atoms with E-state index in [2.05, 4.69) is 4.74 Å². The van der Waals surface area contributed by atoms with Crippen LogP contribution in [0.25, 0.3) is 0 Å². The summed E-state index contributed by atoms with van der Waals surface area (Å²) >= 11 is 1.34. The van der Waals surface area contributed by atoms with Crippen LogP contribution in [0.15, 0.2) is 17.5 Å². The molecule has 0 saturated carbocycles. The predicted octanol–water partition coefficient (Wildman–Crippen LogP) is 1.13. The van der Waals surface area contributed by atoms with Crippen molar-refractivity contribution in [3.63, 3.8) is 0 Å². The van der Waals surface area contributed by atoms with Crippen LogP contribution in [-0.2, 0) is 9.53 Å². The summed E-state index contributed by atoms with van der Waals surface area (Å²) < 4.78 is 4.54. The quantitative estimate of drug-likeness (QED) is 0.788. The molecule has 0 radical (unpaired) electrons. The van der Waals surface area contributed by atoms with Gasteiger partial charge in [0.2, 0.25) is 0 Å². The van der Waals surface area contributed by atoms with Gasteiger partial charge in [0.05, 0.1) is 24.5 Å². The summed E-state index contributed by atoms with van der Waals surface area (Å²) in [5.74, 6) is -0.542. The van der Waals surface area contributed by atoms with Gasteiger partial charge in [-0.05, 0) is 18.4 Å². The molecule has 0 aliphatic heterocycles. The number of carbonyl (C=O) groups is 2. The Labute approximate surface area is 110 Å². The molecule has 1 N–H and O–H groups in total. The summed E-state index contributed by atoms with van der Waals surface area (Å²) in [5.41, 5.74) is 0. The summed E-state index contributed by atoms with van der Waals surface area (Å²) in [6.07, 6.45) is -0.507. The van der Waals surface area contributed by atoms with Crippen molar-refractivity contribution in [1.82, 2.24) is 4.90 Å². The van der Waals surface area contributed by atoms with E-state index in [1.807, 2.05) is 5.38 Å². The molecule has 1 heterocycles. The molecular formula is C12H17NO4S. The van der Waals surface area contributed by atoms with Crippen LogP contribution in [0.4, 0.5) is 0 Å². The molecule has 6 heteroatoms. The van der Waals surface area contributed by atoms with Gasteiger partial charge in [-0.15, -0.1) is 11.3 Å². The molecule has 18 heavy (non-hydrogen) atoms. The Hall–Kier alpha value is -1.40. The Morgan fingerprint density at radius 3 is 2.78 bits per heavy atom. The van der Waals surface area contributed by atoms with Crippen molar-refractivity contribution in [2.45, 2.75) is 19.4 Å². The average molecular weight is 271 g/mol. The second-order valence-electron chi connectivity index (χ2n) is 3.90. The molecule has 1 rings (SSSR count). The van der Waals surface area contributed by atoms with E-state index >= 15 is 0 Å². The van der Waals surface area contributed by atoms with E-state index in [0.29, 0.717) is 4.88 Å². The number of amides is 1. The van der Waals surface area contributed by atoms with E-state index in [1.165, 1.54) is 23.3 Å². The first-order valence-corrected chi connectivity index (χ1v) is 6.50. The fraction of sp³-hybridized carbons (Fsp3) is 0.500. The summed E-state index contributed by atoms with van der Waals surface area (Å²) in [6, 6.07) is 3.51. The van der Waals surface area contributed by atoms with Gasteiger partial charge in [0.15, 0.2) is 0 Å². The summed E-state index contributed by atoms with van der Waals surface area (Å²) in [6.45, 7) is 2.05. The predicted molar refractivity (Wildman–Crippen MR) is 68.5 cm³/mol. The summed E-state index contributed by atoms with van der Waals surface area (Å²) in [5, 5.41) is 11.2. The number of nitrogens with zero attached hydrogens (tertiary/aromatic N) is 1. The van der Waals surface area contributed by atoms with Crippen LogP contribution in [0.1, 0.15) is 23.0 Å². The topological polar surface area (TPSA) is 66.8 Å². The molecular weight excluding hydrogens is 254 g/mol. The smallest absolute Gasteiger partial charge is 0.307 e. The molecule has 1 aromatic heterocycles. The van der Waals surface area contributed by atoms with E-state index in [9.17, 15) is 14.7 Å². The van der Waals surface area contributed by atoms with Crippen molar-refractivity contribution >= 4 is 23.2 Å². The normalized spacial score (nSPS) is 11.9. The highest BCUT2D eigenvalue weighted by atomic mass is 32.1. The molecule has 0 bridgehead atoms. The minimum Gasteiger partial charge on any atom is -0.469 e. The van der Waals surface area contributed by atoms with E-state index in [1.54, 1.807) is 19.1 Å². The molecule has 1 amide bonds. The van der Waals surface area contributed by atoms with E-state index in [-0.39, 0.29) is 31.4 Å². The minimum absolute atomic E-state index is 0.125. The molecule has 1 unspecified atom stereocenters. The fourth-order valence-electron chi connectivity index (χ4n) is 1.48. The first-order chi connectivity index (χ1) is 8.54. The van der Waals surface area contributed by atoms with Crippen molar-refractivity contribution in [3.8, 4) is 0 Å². The molecule has 1 atom stereocenters. The first kappa shape index (κ1) is 14.7.